The molecule has 0 fully saturated rings. The molecule has 0 aliphatic rings. The number of benzene rings is 2. The number of halogens is 1. The summed E-state index contributed by atoms with van der Waals surface area (Å²) in [7, 11) is 0. The lowest BCUT2D eigenvalue weighted by Crippen LogP contribution is -2.40. The van der Waals surface area contributed by atoms with Crippen LogP contribution in [-0.4, -0.2) is 29.8 Å². The highest BCUT2D eigenvalue weighted by Gasteiger charge is 2.15. The van der Waals surface area contributed by atoms with E-state index in [1.54, 1.807) is 17.0 Å². The molecule has 2 aromatic carbocycles. The Hall–Kier alpha value is -2.69. The zero-order valence-corrected chi connectivity index (χ0v) is 16.9. The summed E-state index contributed by atoms with van der Waals surface area (Å²) in [5.74, 6) is -0.0791. The van der Waals surface area contributed by atoms with Crippen LogP contribution in [-0.2, 0) is 22.6 Å². The topological polar surface area (TPSA) is 49.4 Å². The number of hydrogen-bond donors (Lipinski definition) is 1. The molecule has 0 saturated carbocycles. The van der Waals surface area contributed by atoms with Crippen molar-refractivity contribution in [2.75, 3.05) is 13.1 Å². The van der Waals surface area contributed by atoms with E-state index in [1.807, 2.05) is 6.92 Å². The number of carbonyl (C=O) groups is 2. The molecule has 0 spiro atoms. The van der Waals surface area contributed by atoms with Crippen LogP contribution < -0.4 is 5.32 Å². The molecule has 1 N–H and O–H groups in total. The Morgan fingerprint density at radius 3 is 2.18 bits per heavy atom. The van der Waals surface area contributed by atoms with Crippen LogP contribution in [0.25, 0.3) is 0 Å². The van der Waals surface area contributed by atoms with Gasteiger partial charge in [-0.3, -0.25) is 9.59 Å². The highest BCUT2D eigenvalue weighted by molar-refractivity contribution is 5.84. The van der Waals surface area contributed by atoms with Gasteiger partial charge in [-0.05, 0) is 48.1 Å². The van der Waals surface area contributed by atoms with E-state index in [2.05, 4.69) is 43.4 Å². The maximum absolute atomic E-state index is 12.9. The lowest BCUT2D eigenvalue weighted by molar-refractivity contribution is -0.135. The van der Waals surface area contributed by atoms with E-state index in [-0.39, 0.29) is 24.2 Å². The van der Waals surface area contributed by atoms with Crippen LogP contribution in [0.2, 0.25) is 0 Å². The van der Waals surface area contributed by atoms with Crippen molar-refractivity contribution in [3.05, 3.63) is 71.0 Å². The van der Waals surface area contributed by atoms with E-state index >= 15 is 0 Å². The van der Waals surface area contributed by atoms with Gasteiger partial charge < -0.3 is 10.2 Å². The molecule has 0 unspecified atom stereocenters. The summed E-state index contributed by atoms with van der Waals surface area (Å²) < 4.78 is 12.9. The zero-order chi connectivity index (χ0) is 20.5. The van der Waals surface area contributed by atoms with Crippen molar-refractivity contribution < 1.29 is 14.0 Å². The second kappa shape index (κ2) is 10.6. The average molecular weight is 384 g/mol. The summed E-state index contributed by atoms with van der Waals surface area (Å²) in [5.41, 5.74) is 3.21. The molecular formula is C23H29FN2O2. The van der Waals surface area contributed by atoms with Crippen molar-refractivity contribution in [3.63, 3.8) is 0 Å². The van der Waals surface area contributed by atoms with Crippen LogP contribution in [0.4, 0.5) is 4.39 Å². The molecule has 2 rings (SSSR count). The van der Waals surface area contributed by atoms with E-state index in [9.17, 15) is 14.0 Å². The van der Waals surface area contributed by atoms with Crippen molar-refractivity contribution >= 4 is 11.8 Å². The third kappa shape index (κ3) is 6.80. The number of rotatable bonds is 9. The van der Waals surface area contributed by atoms with Gasteiger partial charge in [-0.25, -0.2) is 4.39 Å². The largest absolute Gasteiger partial charge is 0.350 e. The molecule has 150 valence electrons. The van der Waals surface area contributed by atoms with Gasteiger partial charge in [-0.15, -0.1) is 0 Å². The van der Waals surface area contributed by atoms with E-state index in [1.165, 1.54) is 17.7 Å². The van der Waals surface area contributed by atoms with Crippen molar-refractivity contribution in [1.29, 1.82) is 0 Å². The number of carbonyl (C=O) groups excluding carboxylic acids is 2. The maximum atomic E-state index is 12.9. The van der Waals surface area contributed by atoms with Gasteiger partial charge in [0.15, 0.2) is 0 Å². The molecule has 0 saturated heterocycles. The highest BCUT2D eigenvalue weighted by atomic mass is 19.1. The minimum atomic E-state index is -0.309. The van der Waals surface area contributed by atoms with E-state index in [4.69, 9.17) is 0 Å². The number of aryl methyl sites for hydroxylation is 1. The van der Waals surface area contributed by atoms with Crippen molar-refractivity contribution in [2.24, 2.45) is 0 Å². The highest BCUT2D eigenvalue weighted by Crippen LogP contribution is 2.15. The summed E-state index contributed by atoms with van der Waals surface area (Å²) in [6, 6.07) is 14.3. The monoisotopic (exact) mass is 384 g/mol. The standard InChI is InChI=1S/C23H29FN2O2/c1-4-26(16-22(27)25-15-19-7-12-21(24)13-8-19)23(28)14-9-18-5-10-20(11-6-18)17(2)3/h5-8,10-13,17H,4,9,14-16H2,1-3H3,(H,25,27). The fraction of sp³-hybridized carbons (Fsp3) is 0.391. The van der Waals surface area contributed by atoms with Gasteiger partial charge in [0.05, 0.1) is 6.54 Å². The Morgan fingerprint density at radius 2 is 1.61 bits per heavy atom. The van der Waals surface area contributed by atoms with Crippen LogP contribution in [0.5, 0.6) is 0 Å². The third-order valence-corrected chi connectivity index (χ3v) is 4.75. The fourth-order valence-corrected chi connectivity index (χ4v) is 2.89. The van der Waals surface area contributed by atoms with Crippen molar-refractivity contribution in [2.45, 2.75) is 46.1 Å². The van der Waals surface area contributed by atoms with Gasteiger partial charge in [0.2, 0.25) is 11.8 Å². The molecule has 0 aliphatic heterocycles. The predicted octanol–water partition coefficient (Wildman–Crippen LogP) is 4.05. The molecule has 4 nitrogen and oxygen atoms in total. The Kier molecular flexibility index (Phi) is 8.18. The van der Waals surface area contributed by atoms with Gasteiger partial charge >= 0.3 is 0 Å². The summed E-state index contributed by atoms with van der Waals surface area (Å²) in [4.78, 5) is 26.2. The number of nitrogens with zero attached hydrogens (tertiary/aromatic N) is 1. The van der Waals surface area contributed by atoms with Crippen LogP contribution in [0, 0.1) is 5.82 Å². The number of amides is 2. The normalized spacial score (nSPS) is 10.8. The first-order chi connectivity index (χ1) is 13.4. The minimum Gasteiger partial charge on any atom is -0.350 e. The summed E-state index contributed by atoms with van der Waals surface area (Å²) in [6.45, 7) is 6.99. The molecule has 28 heavy (non-hydrogen) atoms. The second-order valence-corrected chi connectivity index (χ2v) is 7.21. The molecule has 0 aliphatic carbocycles. The Balaban J connectivity index is 1.79. The molecular weight excluding hydrogens is 355 g/mol. The second-order valence-electron chi connectivity index (χ2n) is 7.21. The molecule has 2 amide bonds. The van der Waals surface area contributed by atoms with Crippen molar-refractivity contribution in [3.8, 4) is 0 Å². The summed E-state index contributed by atoms with van der Waals surface area (Å²) >= 11 is 0. The first-order valence-corrected chi connectivity index (χ1v) is 9.76. The van der Waals surface area contributed by atoms with E-state index in [0.717, 1.165) is 11.1 Å². The van der Waals surface area contributed by atoms with Crippen LogP contribution in [0.3, 0.4) is 0 Å². The summed E-state index contributed by atoms with van der Waals surface area (Å²) in [6.07, 6.45) is 1.03. The first-order valence-electron chi connectivity index (χ1n) is 9.76. The van der Waals surface area contributed by atoms with Gasteiger partial charge in [0, 0.05) is 19.5 Å². The molecule has 5 heteroatoms. The molecule has 0 heterocycles. The number of likely N-dealkylation sites (N-methyl/N-ethyl adjacent to an activating group) is 1. The SMILES string of the molecule is CCN(CC(=O)NCc1ccc(F)cc1)C(=O)CCc1ccc(C(C)C)cc1. The van der Waals surface area contributed by atoms with Crippen molar-refractivity contribution in [1.82, 2.24) is 10.2 Å². The van der Waals surface area contributed by atoms with E-state index in [0.29, 0.717) is 31.8 Å². The minimum absolute atomic E-state index is 0.0306. The Labute approximate surface area is 166 Å². The van der Waals surface area contributed by atoms with Gasteiger partial charge in [-0.2, -0.15) is 0 Å². The molecule has 2 aromatic rings. The maximum Gasteiger partial charge on any atom is 0.239 e. The van der Waals surface area contributed by atoms with Crippen LogP contribution in [0.1, 0.15) is 49.8 Å². The Morgan fingerprint density at radius 1 is 1.00 bits per heavy atom. The number of hydrogen-bond acceptors (Lipinski definition) is 2. The van der Waals surface area contributed by atoms with E-state index < -0.39 is 0 Å². The van der Waals surface area contributed by atoms with Gasteiger partial charge in [0.1, 0.15) is 5.82 Å². The Bertz CT molecular complexity index is 770. The molecule has 0 atom stereocenters. The lowest BCUT2D eigenvalue weighted by atomic mass is 10.0. The smallest absolute Gasteiger partial charge is 0.239 e. The fourth-order valence-electron chi connectivity index (χ4n) is 2.89. The first kappa shape index (κ1) is 21.6. The van der Waals surface area contributed by atoms with Gasteiger partial charge in [0.25, 0.3) is 0 Å². The zero-order valence-electron chi connectivity index (χ0n) is 16.9. The average Bonchev–Trinajstić information content (AvgIpc) is 2.70. The molecule has 0 aromatic heterocycles. The van der Waals surface area contributed by atoms with Gasteiger partial charge in [-0.1, -0.05) is 50.2 Å². The quantitative estimate of drug-likeness (QED) is 0.709. The summed E-state index contributed by atoms with van der Waals surface area (Å²) in [5, 5.41) is 2.77. The molecule has 0 bridgehead atoms. The van der Waals surface area contributed by atoms with Crippen LogP contribution in [0.15, 0.2) is 48.5 Å². The third-order valence-electron chi connectivity index (χ3n) is 4.75. The van der Waals surface area contributed by atoms with Crippen LogP contribution >= 0.6 is 0 Å². The predicted molar refractivity (Wildman–Crippen MR) is 109 cm³/mol. The number of nitrogens with one attached hydrogen (secondary N) is 1. The molecule has 0 radical (unpaired) electrons. The lowest BCUT2D eigenvalue weighted by Gasteiger charge is -2.20.